The lowest BCUT2D eigenvalue weighted by atomic mass is 10.0. The topological polar surface area (TPSA) is 38.5 Å². The summed E-state index contributed by atoms with van der Waals surface area (Å²) in [5.74, 6) is 1.54. The van der Waals surface area contributed by atoms with Gasteiger partial charge in [-0.1, -0.05) is 26.0 Å². The van der Waals surface area contributed by atoms with Crippen molar-refractivity contribution in [3.05, 3.63) is 29.3 Å². The van der Waals surface area contributed by atoms with Gasteiger partial charge in [0.2, 0.25) is 0 Å². The van der Waals surface area contributed by atoms with E-state index in [9.17, 15) is 0 Å². The van der Waals surface area contributed by atoms with Gasteiger partial charge in [-0.3, -0.25) is 0 Å². The first kappa shape index (κ1) is 23.8. The monoisotopic (exact) mass is 350 g/mol. The number of hydrogen-bond donors (Lipinski definition) is 1. The standard InChI is InChI=1S/C17H30N2O.2ClH/c1-14(2)16-8-7-15(3)13-17(16)20-12-6-11-19(4)10-5-9-18;;/h7-8,13-14H,5-6,9-12,18H2,1-4H3;2*1H. The van der Waals surface area contributed by atoms with Crippen LogP contribution in [0.2, 0.25) is 0 Å². The summed E-state index contributed by atoms with van der Waals surface area (Å²) in [6, 6.07) is 6.49. The Morgan fingerprint density at radius 2 is 1.77 bits per heavy atom. The molecule has 0 fully saturated rings. The van der Waals surface area contributed by atoms with Crippen molar-refractivity contribution in [2.24, 2.45) is 5.73 Å². The van der Waals surface area contributed by atoms with Crippen LogP contribution in [0.25, 0.3) is 0 Å². The molecular weight excluding hydrogens is 319 g/mol. The number of nitrogens with two attached hydrogens (primary N) is 1. The summed E-state index contributed by atoms with van der Waals surface area (Å²) >= 11 is 0. The maximum atomic E-state index is 5.98. The fourth-order valence-electron chi connectivity index (χ4n) is 2.23. The lowest BCUT2D eigenvalue weighted by molar-refractivity contribution is 0.260. The van der Waals surface area contributed by atoms with Crippen molar-refractivity contribution >= 4 is 24.8 Å². The fraction of sp³-hybridized carbons (Fsp3) is 0.647. The molecule has 0 spiro atoms. The van der Waals surface area contributed by atoms with E-state index in [-0.39, 0.29) is 24.8 Å². The highest BCUT2D eigenvalue weighted by molar-refractivity contribution is 5.85. The van der Waals surface area contributed by atoms with Crippen molar-refractivity contribution in [2.45, 2.75) is 39.5 Å². The van der Waals surface area contributed by atoms with Gasteiger partial charge in [-0.25, -0.2) is 0 Å². The summed E-state index contributed by atoms with van der Waals surface area (Å²) in [5, 5.41) is 0. The van der Waals surface area contributed by atoms with E-state index in [0.29, 0.717) is 5.92 Å². The van der Waals surface area contributed by atoms with E-state index in [2.05, 4.69) is 50.9 Å². The van der Waals surface area contributed by atoms with Crippen LogP contribution < -0.4 is 10.5 Å². The summed E-state index contributed by atoms with van der Waals surface area (Å²) in [4.78, 5) is 2.32. The number of rotatable bonds is 9. The van der Waals surface area contributed by atoms with Gasteiger partial charge in [0, 0.05) is 6.54 Å². The number of halogens is 2. The van der Waals surface area contributed by atoms with Crippen LogP contribution in [-0.4, -0.2) is 38.2 Å². The van der Waals surface area contributed by atoms with Gasteiger partial charge in [0.25, 0.3) is 0 Å². The van der Waals surface area contributed by atoms with Crippen molar-refractivity contribution in [3.63, 3.8) is 0 Å². The van der Waals surface area contributed by atoms with Crippen molar-refractivity contribution < 1.29 is 4.74 Å². The Morgan fingerprint density at radius 1 is 1.14 bits per heavy atom. The second-order valence-corrected chi connectivity index (χ2v) is 5.84. The second kappa shape index (κ2) is 13.0. The number of nitrogens with zero attached hydrogens (tertiary/aromatic N) is 1. The molecule has 0 aliphatic carbocycles. The average Bonchev–Trinajstić information content (AvgIpc) is 2.41. The third kappa shape index (κ3) is 8.84. The first-order chi connectivity index (χ1) is 9.54. The predicted octanol–water partition coefficient (Wildman–Crippen LogP) is 4.01. The van der Waals surface area contributed by atoms with Gasteiger partial charge >= 0.3 is 0 Å². The highest BCUT2D eigenvalue weighted by Crippen LogP contribution is 2.27. The summed E-state index contributed by atoms with van der Waals surface area (Å²) in [6.45, 7) is 10.2. The van der Waals surface area contributed by atoms with E-state index in [4.69, 9.17) is 10.5 Å². The molecule has 1 rings (SSSR count). The van der Waals surface area contributed by atoms with Crippen LogP contribution in [0.4, 0.5) is 0 Å². The zero-order chi connectivity index (χ0) is 15.0. The summed E-state index contributed by atoms with van der Waals surface area (Å²) in [5.41, 5.74) is 8.07. The maximum Gasteiger partial charge on any atom is 0.122 e. The average molecular weight is 351 g/mol. The van der Waals surface area contributed by atoms with Crippen molar-refractivity contribution in [3.8, 4) is 5.75 Å². The SMILES string of the molecule is Cc1ccc(C(C)C)c(OCCCN(C)CCCN)c1.Cl.Cl. The normalized spacial score (nSPS) is 10.3. The molecule has 0 heterocycles. The number of hydrogen-bond acceptors (Lipinski definition) is 3. The molecule has 0 amide bonds. The molecule has 130 valence electrons. The Morgan fingerprint density at radius 3 is 2.36 bits per heavy atom. The van der Waals surface area contributed by atoms with E-state index in [1.165, 1.54) is 11.1 Å². The van der Waals surface area contributed by atoms with Crippen LogP contribution in [0.5, 0.6) is 5.75 Å². The molecule has 0 radical (unpaired) electrons. The largest absolute Gasteiger partial charge is 0.493 e. The zero-order valence-corrected chi connectivity index (χ0v) is 15.9. The molecule has 22 heavy (non-hydrogen) atoms. The van der Waals surface area contributed by atoms with Crippen LogP contribution in [-0.2, 0) is 0 Å². The Balaban J connectivity index is 0. The van der Waals surface area contributed by atoms with E-state index in [0.717, 1.165) is 44.8 Å². The molecule has 0 unspecified atom stereocenters. The first-order valence-electron chi connectivity index (χ1n) is 7.66. The molecule has 0 saturated heterocycles. The Hall–Kier alpha value is -0.480. The van der Waals surface area contributed by atoms with Gasteiger partial charge in [-0.05, 0) is 63.0 Å². The van der Waals surface area contributed by atoms with Crippen LogP contribution in [0.1, 0.15) is 43.7 Å². The third-order valence-electron chi connectivity index (χ3n) is 3.48. The smallest absolute Gasteiger partial charge is 0.122 e. The lowest BCUT2D eigenvalue weighted by Crippen LogP contribution is -2.24. The molecule has 0 aromatic heterocycles. The van der Waals surface area contributed by atoms with E-state index in [1.807, 2.05) is 0 Å². The number of aryl methyl sites for hydroxylation is 1. The quantitative estimate of drug-likeness (QED) is 0.683. The molecule has 0 aliphatic rings. The highest BCUT2D eigenvalue weighted by atomic mass is 35.5. The molecule has 1 aromatic carbocycles. The van der Waals surface area contributed by atoms with Crippen LogP contribution in [0, 0.1) is 6.92 Å². The molecule has 2 N–H and O–H groups in total. The summed E-state index contributed by atoms with van der Waals surface area (Å²) in [6.07, 6.45) is 2.11. The zero-order valence-electron chi connectivity index (χ0n) is 14.3. The molecule has 0 atom stereocenters. The third-order valence-corrected chi connectivity index (χ3v) is 3.48. The van der Waals surface area contributed by atoms with Gasteiger partial charge < -0.3 is 15.4 Å². The van der Waals surface area contributed by atoms with Gasteiger partial charge in [-0.15, -0.1) is 24.8 Å². The molecule has 0 saturated carbocycles. The highest BCUT2D eigenvalue weighted by Gasteiger charge is 2.08. The predicted molar refractivity (Wildman–Crippen MR) is 101 cm³/mol. The maximum absolute atomic E-state index is 5.98. The van der Waals surface area contributed by atoms with Crippen LogP contribution >= 0.6 is 24.8 Å². The van der Waals surface area contributed by atoms with Crippen molar-refractivity contribution in [2.75, 3.05) is 33.3 Å². The van der Waals surface area contributed by atoms with Crippen LogP contribution in [0.3, 0.4) is 0 Å². The van der Waals surface area contributed by atoms with Crippen molar-refractivity contribution in [1.29, 1.82) is 0 Å². The van der Waals surface area contributed by atoms with Crippen LogP contribution in [0.15, 0.2) is 18.2 Å². The van der Waals surface area contributed by atoms with Gasteiger partial charge in [0.1, 0.15) is 5.75 Å². The Labute approximate surface area is 148 Å². The molecular formula is C17H32Cl2N2O. The fourth-order valence-corrected chi connectivity index (χ4v) is 2.23. The molecule has 5 heteroatoms. The summed E-state index contributed by atoms with van der Waals surface area (Å²) in [7, 11) is 2.14. The van der Waals surface area contributed by atoms with Gasteiger partial charge in [0.05, 0.1) is 6.61 Å². The minimum absolute atomic E-state index is 0. The van der Waals surface area contributed by atoms with E-state index < -0.39 is 0 Å². The minimum atomic E-state index is 0. The Bertz CT molecular complexity index is 400. The number of ether oxygens (including phenoxy) is 1. The molecule has 0 bridgehead atoms. The minimum Gasteiger partial charge on any atom is -0.493 e. The van der Waals surface area contributed by atoms with Gasteiger partial charge in [0.15, 0.2) is 0 Å². The summed E-state index contributed by atoms with van der Waals surface area (Å²) < 4.78 is 5.98. The van der Waals surface area contributed by atoms with E-state index in [1.54, 1.807) is 0 Å². The Kier molecular flexibility index (Phi) is 14.1. The van der Waals surface area contributed by atoms with Crippen molar-refractivity contribution in [1.82, 2.24) is 4.90 Å². The molecule has 0 aliphatic heterocycles. The molecule has 3 nitrogen and oxygen atoms in total. The molecule has 1 aromatic rings. The van der Waals surface area contributed by atoms with Gasteiger partial charge in [-0.2, -0.15) is 0 Å². The first-order valence-corrected chi connectivity index (χ1v) is 7.66. The second-order valence-electron chi connectivity index (χ2n) is 5.84. The number of benzene rings is 1. The lowest BCUT2D eigenvalue weighted by Gasteiger charge is -2.18. The van der Waals surface area contributed by atoms with E-state index >= 15 is 0 Å².